The van der Waals surface area contributed by atoms with E-state index >= 15 is 0 Å². The summed E-state index contributed by atoms with van der Waals surface area (Å²) in [7, 11) is 1.95. The smallest absolute Gasteiger partial charge is 0.259 e. The number of aromatic nitrogens is 3. The Morgan fingerprint density at radius 2 is 2.09 bits per heavy atom. The van der Waals surface area contributed by atoms with E-state index in [0.717, 1.165) is 36.5 Å². The van der Waals surface area contributed by atoms with Crippen LogP contribution in [0.25, 0.3) is 0 Å². The summed E-state index contributed by atoms with van der Waals surface area (Å²) in [5.41, 5.74) is 4.71. The van der Waals surface area contributed by atoms with Crippen LogP contribution in [0.2, 0.25) is 0 Å². The molecule has 0 spiro atoms. The average Bonchev–Trinajstić information content (AvgIpc) is 3.18. The van der Waals surface area contributed by atoms with Crippen LogP contribution in [-0.4, -0.2) is 32.3 Å². The fraction of sp³-hybridized carbons (Fsp3) is 0.588. The third-order valence-corrected chi connectivity index (χ3v) is 4.89. The lowest BCUT2D eigenvalue weighted by molar-refractivity contribution is 0.0732. The number of carbonyl (C=O) groups is 1. The van der Waals surface area contributed by atoms with Crippen molar-refractivity contribution in [2.24, 2.45) is 7.05 Å². The number of amides is 1. The predicted octanol–water partition coefficient (Wildman–Crippen LogP) is 2.87. The highest BCUT2D eigenvalue weighted by Gasteiger charge is 2.36. The lowest BCUT2D eigenvalue weighted by atomic mass is 10.0. The molecule has 1 atom stereocenters. The van der Waals surface area contributed by atoms with Crippen LogP contribution in [0, 0.1) is 20.8 Å². The summed E-state index contributed by atoms with van der Waals surface area (Å²) < 4.78 is 7.14. The van der Waals surface area contributed by atoms with Gasteiger partial charge in [-0.05, 0) is 40.0 Å². The number of carbonyl (C=O) groups excluding carboxylic acids is 1. The lowest BCUT2D eigenvalue weighted by Crippen LogP contribution is -2.32. The highest BCUT2D eigenvalue weighted by molar-refractivity contribution is 5.96. The van der Waals surface area contributed by atoms with E-state index in [-0.39, 0.29) is 11.9 Å². The van der Waals surface area contributed by atoms with Gasteiger partial charge >= 0.3 is 0 Å². The Balaban J connectivity index is 1.99. The molecule has 6 heteroatoms. The second kappa shape index (κ2) is 5.83. The van der Waals surface area contributed by atoms with E-state index in [2.05, 4.69) is 17.2 Å². The molecule has 124 valence electrons. The van der Waals surface area contributed by atoms with Crippen molar-refractivity contribution in [3.63, 3.8) is 0 Å². The normalized spacial score (nSPS) is 18.0. The van der Waals surface area contributed by atoms with Crippen LogP contribution in [0.15, 0.2) is 4.52 Å². The van der Waals surface area contributed by atoms with Crippen molar-refractivity contribution in [2.45, 2.75) is 53.0 Å². The molecule has 1 fully saturated rings. The van der Waals surface area contributed by atoms with Crippen LogP contribution in [0.5, 0.6) is 0 Å². The first-order valence-corrected chi connectivity index (χ1v) is 8.21. The van der Waals surface area contributed by atoms with Crippen molar-refractivity contribution in [3.05, 3.63) is 34.0 Å². The Morgan fingerprint density at radius 3 is 2.70 bits per heavy atom. The van der Waals surface area contributed by atoms with E-state index in [9.17, 15) is 4.79 Å². The standard InChI is InChI=1S/C17H24N4O2/c1-6-13-16(12(4)23-19-13)17(22)21-9-7-8-14(21)15-10(2)18-20(5)11(15)3/h14H,6-9H2,1-5H3. The van der Waals surface area contributed by atoms with Crippen molar-refractivity contribution in [3.8, 4) is 0 Å². The Kier molecular flexibility index (Phi) is 4.00. The zero-order valence-electron chi connectivity index (χ0n) is 14.5. The van der Waals surface area contributed by atoms with Gasteiger partial charge in [-0.25, -0.2) is 0 Å². The van der Waals surface area contributed by atoms with Crippen molar-refractivity contribution in [1.29, 1.82) is 0 Å². The van der Waals surface area contributed by atoms with Gasteiger partial charge in [-0.2, -0.15) is 5.10 Å². The van der Waals surface area contributed by atoms with Crippen molar-refractivity contribution in [2.75, 3.05) is 6.54 Å². The van der Waals surface area contributed by atoms with E-state index in [1.807, 2.05) is 37.4 Å². The summed E-state index contributed by atoms with van der Waals surface area (Å²) in [6, 6.07) is 0.0928. The maximum absolute atomic E-state index is 13.1. The monoisotopic (exact) mass is 316 g/mol. The van der Waals surface area contributed by atoms with Gasteiger partial charge in [-0.3, -0.25) is 9.48 Å². The maximum Gasteiger partial charge on any atom is 0.259 e. The zero-order chi connectivity index (χ0) is 16.7. The molecule has 0 aliphatic carbocycles. The highest BCUT2D eigenvalue weighted by Crippen LogP contribution is 2.37. The van der Waals surface area contributed by atoms with Gasteiger partial charge in [-0.15, -0.1) is 0 Å². The van der Waals surface area contributed by atoms with Crippen LogP contribution >= 0.6 is 0 Å². The average molecular weight is 316 g/mol. The van der Waals surface area contributed by atoms with E-state index < -0.39 is 0 Å². The van der Waals surface area contributed by atoms with E-state index in [1.165, 1.54) is 5.56 Å². The minimum Gasteiger partial charge on any atom is -0.361 e. The molecule has 3 rings (SSSR count). The van der Waals surface area contributed by atoms with Gasteiger partial charge in [0.2, 0.25) is 0 Å². The topological polar surface area (TPSA) is 64.2 Å². The number of rotatable bonds is 3. The molecule has 1 amide bonds. The number of aryl methyl sites for hydroxylation is 4. The molecule has 23 heavy (non-hydrogen) atoms. The van der Waals surface area contributed by atoms with E-state index in [1.54, 1.807) is 0 Å². The summed E-state index contributed by atoms with van der Waals surface area (Å²) in [6.07, 6.45) is 2.68. The van der Waals surface area contributed by atoms with Crippen molar-refractivity contribution >= 4 is 5.91 Å². The molecule has 1 unspecified atom stereocenters. The Morgan fingerprint density at radius 1 is 1.35 bits per heavy atom. The third-order valence-electron chi connectivity index (χ3n) is 4.89. The summed E-state index contributed by atoms with van der Waals surface area (Å²) in [4.78, 5) is 15.1. The number of hydrogen-bond acceptors (Lipinski definition) is 4. The molecule has 3 heterocycles. The molecule has 0 bridgehead atoms. The quantitative estimate of drug-likeness (QED) is 0.873. The van der Waals surface area contributed by atoms with Crippen LogP contribution in [-0.2, 0) is 13.5 Å². The summed E-state index contributed by atoms with van der Waals surface area (Å²) in [5.74, 6) is 0.642. The summed E-state index contributed by atoms with van der Waals surface area (Å²) >= 11 is 0. The van der Waals surface area contributed by atoms with Gasteiger partial charge in [0.25, 0.3) is 5.91 Å². The van der Waals surface area contributed by atoms with E-state index in [4.69, 9.17) is 4.52 Å². The summed E-state index contributed by atoms with van der Waals surface area (Å²) in [6.45, 7) is 8.66. The van der Waals surface area contributed by atoms with Crippen LogP contribution in [0.4, 0.5) is 0 Å². The van der Waals surface area contributed by atoms with Crippen LogP contribution in [0.1, 0.15) is 64.6 Å². The molecular formula is C17H24N4O2. The van der Waals surface area contributed by atoms with Gasteiger partial charge < -0.3 is 9.42 Å². The second-order valence-corrected chi connectivity index (χ2v) is 6.28. The minimum absolute atomic E-state index is 0.0331. The fourth-order valence-electron chi connectivity index (χ4n) is 3.66. The molecule has 0 saturated carbocycles. The van der Waals surface area contributed by atoms with Crippen LogP contribution in [0.3, 0.4) is 0 Å². The molecule has 0 aromatic carbocycles. The Bertz CT molecular complexity index is 744. The maximum atomic E-state index is 13.1. The SMILES string of the molecule is CCc1noc(C)c1C(=O)N1CCCC1c1c(C)nn(C)c1C. The molecule has 1 saturated heterocycles. The first kappa shape index (κ1) is 15.8. The van der Waals surface area contributed by atoms with Crippen molar-refractivity contribution in [1.82, 2.24) is 19.8 Å². The van der Waals surface area contributed by atoms with Gasteiger partial charge in [-0.1, -0.05) is 12.1 Å². The predicted molar refractivity (Wildman–Crippen MR) is 86.3 cm³/mol. The zero-order valence-corrected chi connectivity index (χ0v) is 14.5. The van der Waals surface area contributed by atoms with Gasteiger partial charge in [0, 0.05) is 24.8 Å². The fourth-order valence-corrected chi connectivity index (χ4v) is 3.66. The van der Waals surface area contributed by atoms with Gasteiger partial charge in [0.05, 0.1) is 17.4 Å². The molecule has 1 aliphatic heterocycles. The molecule has 1 aliphatic rings. The molecule has 2 aromatic heterocycles. The Labute approximate surface area is 136 Å². The molecular weight excluding hydrogens is 292 g/mol. The van der Waals surface area contributed by atoms with Gasteiger partial charge in [0.15, 0.2) is 0 Å². The lowest BCUT2D eigenvalue weighted by Gasteiger charge is -2.25. The van der Waals surface area contributed by atoms with Crippen molar-refractivity contribution < 1.29 is 9.32 Å². The first-order chi connectivity index (χ1) is 11.0. The Hall–Kier alpha value is -2.11. The third kappa shape index (κ3) is 2.46. The molecule has 2 aromatic rings. The largest absolute Gasteiger partial charge is 0.361 e. The summed E-state index contributed by atoms with van der Waals surface area (Å²) in [5, 5.41) is 8.54. The minimum atomic E-state index is 0.0331. The van der Waals surface area contributed by atoms with Gasteiger partial charge in [0.1, 0.15) is 11.3 Å². The van der Waals surface area contributed by atoms with E-state index in [0.29, 0.717) is 17.7 Å². The van der Waals surface area contributed by atoms with Crippen LogP contribution < -0.4 is 0 Å². The molecule has 0 N–H and O–H groups in total. The molecule has 0 radical (unpaired) electrons. The number of hydrogen-bond donors (Lipinski definition) is 0. The number of nitrogens with zero attached hydrogens (tertiary/aromatic N) is 4. The highest BCUT2D eigenvalue weighted by atomic mass is 16.5. The molecule has 6 nitrogen and oxygen atoms in total. The number of likely N-dealkylation sites (tertiary alicyclic amines) is 1. The first-order valence-electron chi connectivity index (χ1n) is 8.21. The second-order valence-electron chi connectivity index (χ2n) is 6.28.